The van der Waals surface area contributed by atoms with Crippen LogP contribution in [0.5, 0.6) is 0 Å². The topological polar surface area (TPSA) is 104 Å². The number of carbonyl (C=O) groups excluding carboxylic acids is 2. The number of carboxylic acids is 2. The smallest absolute Gasteiger partial charge is 0.338 e. The number of hydrogen-bond acceptors (Lipinski definition) is 5. The molecule has 0 amide bonds. The van der Waals surface area contributed by atoms with Crippen molar-refractivity contribution in [2.45, 2.75) is 6.42 Å². The van der Waals surface area contributed by atoms with Gasteiger partial charge in [-0.25, -0.2) is 4.79 Å². The van der Waals surface area contributed by atoms with Crippen molar-refractivity contribution in [2.75, 3.05) is 6.61 Å². The van der Waals surface area contributed by atoms with E-state index < -0.39 is 17.9 Å². The molecule has 6 heteroatoms. The van der Waals surface area contributed by atoms with Crippen LogP contribution in [0.2, 0.25) is 0 Å². The normalized spacial score (nSPS) is 9.65. The molecule has 1 rings (SSSR count). The molecule has 0 radical (unpaired) electrons. The van der Waals surface area contributed by atoms with Gasteiger partial charge in [-0.3, -0.25) is 4.79 Å². The van der Waals surface area contributed by atoms with Crippen molar-refractivity contribution in [1.82, 2.24) is 0 Å². The van der Waals surface area contributed by atoms with Crippen LogP contribution in [0, 0.1) is 0 Å². The number of rotatable bonds is 5. The highest BCUT2D eigenvalue weighted by atomic mass is 16.5. The van der Waals surface area contributed by atoms with Gasteiger partial charge in [-0.15, -0.1) is 0 Å². The fourth-order valence-electron chi connectivity index (χ4n) is 1.15. The van der Waals surface area contributed by atoms with Crippen LogP contribution in [0.4, 0.5) is 0 Å². The summed E-state index contributed by atoms with van der Waals surface area (Å²) in [6, 6.07) is 5.40. The van der Waals surface area contributed by atoms with E-state index in [2.05, 4.69) is 4.74 Å². The number of aromatic carboxylic acids is 1. The molecule has 0 unspecified atom stereocenters. The Labute approximate surface area is 96.4 Å². The molecular formula is C11H9O6-. The van der Waals surface area contributed by atoms with Gasteiger partial charge in [0.15, 0.2) is 0 Å². The second kappa shape index (κ2) is 5.64. The quantitative estimate of drug-likeness (QED) is 0.704. The van der Waals surface area contributed by atoms with Crippen molar-refractivity contribution in [1.29, 1.82) is 0 Å². The summed E-state index contributed by atoms with van der Waals surface area (Å²) in [5, 5.41) is 19.0. The summed E-state index contributed by atoms with van der Waals surface area (Å²) < 4.78 is 4.62. The fraction of sp³-hybridized carbons (Fsp3) is 0.182. The van der Waals surface area contributed by atoms with E-state index in [-0.39, 0.29) is 24.2 Å². The van der Waals surface area contributed by atoms with E-state index in [1.54, 1.807) is 0 Å². The third kappa shape index (κ3) is 3.60. The molecule has 1 aromatic rings. The summed E-state index contributed by atoms with van der Waals surface area (Å²) in [4.78, 5) is 32.3. The zero-order chi connectivity index (χ0) is 12.8. The number of hydrogen-bond donors (Lipinski definition) is 1. The van der Waals surface area contributed by atoms with E-state index in [4.69, 9.17) is 5.11 Å². The molecule has 1 aromatic carbocycles. The van der Waals surface area contributed by atoms with Crippen LogP contribution in [-0.2, 0) is 9.53 Å². The van der Waals surface area contributed by atoms with Gasteiger partial charge in [0, 0.05) is 5.56 Å². The summed E-state index contributed by atoms with van der Waals surface area (Å²) in [7, 11) is 0. The highest BCUT2D eigenvalue weighted by molar-refractivity contribution is 6.01. The first-order valence-corrected chi connectivity index (χ1v) is 4.71. The van der Waals surface area contributed by atoms with Gasteiger partial charge in [0.2, 0.25) is 0 Å². The van der Waals surface area contributed by atoms with E-state index in [1.165, 1.54) is 24.3 Å². The van der Waals surface area contributed by atoms with Crippen molar-refractivity contribution < 1.29 is 29.3 Å². The molecule has 0 saturated carbocycles. The molecule has 17 heavy (non-hydrogen) atoms. The van der Waals surface area contributed by atoms with Crippen molar-refractivity contribution in [3.63, 3.8) is 0 Å². The second-order valence-electron chi connectivity index (χ2n) is 3.11. The van der Waals surface area contributed by atoms with Gasteiger partial charge in [-0.2, -0.15) is 0 Å². The minimum atomic E-state index is -1.49. The van der Waals surface area contributed by atoms with Crippen LogP contribution in [0.1, 0.15) is 27.1 Å². The Balaban J connectivity index is 2.75. The number of benzene rings is 1. The van der Waals surface area contributed by atoms with Gasteiger partial charge in [-0.1, -0.05) is 18.2 Å². The average molecular weight is 237 g/mol. The number of carboxylic acid groups (broad SMARTS) is 2. The molecule has 0 spiro atoms. The maximum atomic E-state index is 11.4. The molecule has 0 heterocycles. The second-order valence-corrected chi connectivity index (χ2v) is 3.11. The highest BCUT2D eigenvalue weighted by Gasteiger charge is 2.13. The Hall–Kier alpha value is -2.37. The lowest BCUT2D eigenvalue weighted by Gasteiger charge is -2.09. The molecule has 0 bridgehead atoms. The molecule has 0 atom stereocenters. The molecule has 0 fully saturated rings. The van der Waals surface area contributed by atoms with Crippen LogP contribution in [0.15, 0.2) is 24.3 Å². The Morgan fingerprint density at radius 1 is 1.18 bits per heavy atom. The highest BCUT2D eigenvalue weighted by Crippen LogP contribution is 2.09. The molecule has 1 N–H and O–H groups in total. The lowest BCUT2D eigenvalue weighted by molar-refractivity contribution is -0.255. The van der Waals surface area contributed by atoms with Crippen molar-refractivity contribution >= 4 is 17.9 Å². The molecule has 0 aliphatic rings. The van der Waals surface area contributed by atoms with Crippen LogP contribution in [0.3, 0.4) is 0 Å². The first kappa shape index (κ1) is 12.7. The Morgan fingerprint density at radius 2 is 1.76 bits per heavy atom. The zero-order valence-corrected chi connectivity index (χ0v) is 8.71. The number of carbonyl (C=O) groups is 3. The molecule has 0 aliphatic carbocycles. The number of esters is 1. The first-order valence-electron chi connectivity index (χ1n) is 4.71. The van der Waals surface area contributed by atoms with Gasteiger partial charge in [0.25, 0.3) is 0 Å². The maximum absolute atomic E-state index is 11.4. The lowest BCUT2D eigenvalue weighted by atomic mass is 10.1. The fourth-order valence-corrected chi connectivity index (χ4v) is 1.15. The van der Waals surface area contributed by atoms with E-state index >= 15 is 0 Å². The molecule has 0 saturated heterocycles. The standard InChI is InChI=1S/C11H10O6/c12-9(13)5-6-17-11(16)8-4-2-1-3-7(8)10(14)15/h1-4H,5-6H2,(H,12,13)(H,14,15)/p-1. The Morgan fingerprint density at radius 3 is 2.29 bits per heavy atom. The first-order chi connectivity index (χ1) is 8.02. The van der Waals surface area contributed by atoms with Gasteiger partial charge in [0.1, 0.15) is 6.61 Å². The lowest BCUT2D eigenvalue weighted by Crippen LogP contribution is -2.25. The predicted octanol–water partition coefficient (Wildman–Crippen LogP) is -0.318. The Bertz CT molecular complexity index is 451. The molecule has 0 aliphatic heterocycles. The van der Waals surface area contributed by atoms with Crippen LogP contribution < -0.4 is 5.11 Å². The summed E-state index contributed by atoms with van der Waals surface area (Å²) in [6.45, 7) is -0.310. The predicted molar refractivity (Wildman–Crippen MR) is 53.3 cm³/mol. The van der Waals surface area contributed by atoms with Crippen molar-refractivity contribution in [3.8, 4) is 0 Å². The van der Waals surface area contributed by atoms with Gasteiger partial charge >= 0.3 is 11.9 Å². The molecular weight excluding hydrogens is 228 g/mol. The minimum absolute atomic E-state index is 0.155. The average Bonchev–Trinajstić information content (AvgIpc) is 2.28. The maximum Gasteiger partial charge on any atom is 0.338 e. The molecule has 6 nitrogen and oxygen atoms in total. The van der Waals surface area contributed by atoms with Crippen LogP contribution in [0.25, 0.3) is 0 Å². The van der Waals surface area contributed by atoms with E-state index in [1.807, 2.05) is 0 Å². The Kier molecular flexibility index (Phi) is 4.21. The minimum Gasteiger partial charge on any atom is -0.545 e. The SMILES string of the molecule is O=C(O)CCOC(=O)c1ccccc1C(=O)[O-]. The largest absolute Gasteiger partial charge is 0.545 e. The third-order valence-electron chi connectivity index (χ3n) is 1.92. The summed E-state index contributed by atoms with van der Waals surface area (Å²) in [6.07, 6.45) is -0.334. The van der Waals surface area contributed by atoms with Gasteiger partial charge < -0.3 is 19.7 Å². The zero-order valence-electron chi connectivity index (χ0n) is 8.71. The van der Waals surface area contributed by atoms with Gasteiger partial charge in [0.05, 0.1) is 18.0 Å². The molecule has 0 aromatic heterocycles. The number of aliphatic carboxylic acids is 1. The monoisotopic (exact) mass is 237 g/mol. The van der Waals surface area contributed by atoms with Crippen LogP contribution in [-0.4, -0.2) is 29.6 Å². The van der Waals surface area contributed by atoms with E-state index in [0.717, 1.165) is 0 Å². The van der Waals surface area contributed by atoms with E-state index in [0.29, 0.717) is 0 Å². The summed E-state index contributed by atoms with van der Waals surface area (Å²) in [5.74, 6) is -3.48. The van der Waals surface area contributed by atoms with E-state index in [9.17, 15) is 19.5 Å². The van der Waals surface area contributed by atoms with Crippen molar-refractivity contribution in [3.05, 3.63) is 35.4 Å². The van der Waals surface area contributed by atoms with Gasteiger partial charge in [-0.05, 0) is 6.07 Å². The third-order valence-corrected chi connectivity index (χ3v) is 1.92. The summed E-state index contributed by atoms with van der Waals surface area (Å²) in [5.41, 5.74) is -0.439. The van der Waals surface area contributed by atoms with Crippen LogP contribution >= 0.6 is 0 Å². The number of ether oxygens (including phenoxy) is 1. The molecule has 90 valence electrons. The van der Waals surface area contributed by atoms with Crippen molar-refractivity contribution in [2.24, 2.45) is 0 Å². The summed E-state index contributed by atoms with van der Waals surface area (Å²) >= 11 is 0.